The molecule has 0 saturated heterocycles. The molecule has 180 valence electrons. The highest BCUT2D eigenvalue weighted by Gasteiger charge is 2.18. The molecule has 0 radical (unpaired) electrons. The summed E-state index contributed by atoms with van der Waals surface area (Å²) in [4.78, 5) is 29.1. The summed E-state index contributed by atoms with van der Waals surface area (Å²) in [6, 6.07) is 11.9. The number of hydrogen-bond donors (Lipinski definition) is 2. The first-order chi connectivity index (χ1) is 16.9. The van der Waals surface area contributed by atoms with Crippen molar-refractivity contribution in [3.05, 3.63) is 75.5 Å². The van der Waals surface area contributed by atoms with E-state index in [0.29, 0.717) is 43.2 Å². The fourth-order valence-electron chi connectivity index (χ4n) is 2.99. The maximum Gasteiger partial charge on any atom is 0.251 e. The van der Waals surface area contributed by atoms with Crippen molar-refractivity contribution in [2.45, 2.75) is 11.7 Å². The van der Waals surface area contributed by atoms with Crippen molar-refractivity contribution in [2.75, 3.05) is 18.2 Å². The number of amides is 2. The molecule has 0 aliphatic rings. The molecule has 2 aromatic heterocycles. The number of ether oxygens (including phenoxy) is 1. The number of anilines is 1. The van der Waals surface area contributed by atoms with E-state index in [1.54, 1.807) is 58.6 Å². The summed E-state index contributed by atoms with van der Waals surface area (Å²) in [7, 11) is 1.53. The van der Waals surface area contributed by atoms with Crippen LogP contribution in [0.3, 0.4) is 0 Å². The maximum atomic E-state index is 12.7. The van der Waals surface area contributed by atoms with Crippen molar-refractivity contribution in [1.82, 2.24) is 25.1 Å². The summed E-state index contributed by atoms with van der Waals surface area (Å²) in [5, 5.41) is 17.5. The topological polar surface area (TPSA) is 111 Å². The SMILES string of the molecule is COc1cccc(C(=O)NCc2nnc(SCC(=O)Nc3nccs3)n2-c2ccc(Cl)c(Cl)c2)c1. The molecule has 2 amide bonds. The summed E-state index contributed by atoms with van der Waals surface area (Å²) in [6.45, 7) is 0.0785. The zero-order valence-electron chi connectivity index (χ0n) is 18.2. The van der Waals surface area contributed by atoms with E-state index >= 15 is 0 Å². The normalized spacial score (nSPS) is 10.7. The summed E-state index contributed by atoms with van der Waals surface area (Å²) in [5.41, 5.74) is 1.08. The molecule has 9 nitrogen and oxygen atoms in total. The van der Waals surface area contributed by atoms with Gasteiger partial charge in [0.2, 0.25) is 5.91 Å². The van der Waals surface area contributed by atoms with Crippen LogP contribution in [0.25, 0.3) is 5.69 Å². The van der Waals surface area contributed by atoms with Gasteiger partial charge in [-0.15, -0.1) is 21.5 Å². The monoisotopic (exact) mass is 548 g/mol. The summed E-state index contributed by atoms with van der Waals surface area (Å²) < 4.78 is 6.90. The molecule has 0 atom stereocenters. The summed E-state index contributed by atoms with van der Waals surface area (Å²) >= 11 is 14.8. The van der Waals surface area contributed by atoms with E-state index in [-0.39, 0.29) is 24.1 Å². The second-order valence-electron chi connectivity index (χ2n) is 6.92. The van der Waals surface area contributed by atoms with Crippen LogP contribution < -0.4 is 15.4 Å². The number of nitrogens with zero attached hydrogens (tertiary/aromatic N) is 4. The van der Waals surface area contributed by atoms with Gasteiger partial charge in [0.05, 0.1) is 35.1 Å². The third-order valence-electron chi connectivity index (χ3n) is 4.61. The smallest absolute Gasteiger partial charge is 0.251 e. The molecule has 2 aromatic carbocycles. The van der Waals surface area contributed by atoms with Crippen LogP contribution in [0.15, 0.2) is 59.2 Å². The molecule has 0 aliphatic carbocycles. The quantitative estimate of drug-likeness (QED) is 0.291. The van der Waals surface area contributed by atoms with Crippen LogP contribution >= 0.6 is 46.3 Å². The van der Waals surface area contributed by atoms with Crippen LogP contribution in [0.1, 0.15) is 16.2 Å². The number of hydrogen-bond acceptors (Lipinski definition) is 8. The van der Waals surface area contributed by atoms with E-state index in [1.165, 1.54) is 30.2 Å². The maximum absolute atomic E-state index is 12.7. The van der Waals surface area contributed by atoms with Gasteiger partial charge < -0.3 is 15.4 Å². The second kappa shape index (κ2) is 11.5. The Balaban J connectivity index is 1.54. The lowest BCUT2D eigenvalue weighted by atomic mass is 10.2. The van der Waals surface area contributed by atoms with Crippen molar-refractivity contribution in [1.29, 1.82) is 0 Å². The third-order valence-corrected chi connectivity index (χ3v) is 6.97. The Labute approximate surface area is 218 Å². The van der Waals surface area contributed by atoms with E-state index in [2.05, 4.69) is 25.8 Å². The van der Waals surface area contributed by atoms with Gasteiger partial charge in [-0.1, -0.05) is 41.0 Å². The Bertz CT molecular complexity index is 1350. The number of carbonyl (C=O) groups excluding carboxylic acids is 2. The van der Waals surface area contributed by atoms with Crippen LogP contribution in [0.2, 0.25) is 10.0 Å². The Morgan fingerprint density at radius 2 is 2.00 bits per heavy atom. The molecule has 0 bridgehead atoms. The van der Waals surface area contributed by atoms with Crippen molar-refractivity contribution >= 4 is 63.2 Å². The van der Waals surface area contributed by atoms with Gasteiger partial charge in [-0.25, -0.2) is 4.98 Å². The zero-order valence-corrected chi connectivity index (χ0v) is 21.3. The van der Waals surface area contributed by atoms with E-state index in [0.717, 1.165) is 0 Å². The highest BCUT2D eigenvalue weighted by atomic mass is 35.5. The van der Waals surface area contributed by atoms with Crippen molar-refractivity contribution < 1.29 is 14.3 Å². The highest BCUT2D eigenvalue weighted by molar-refractivity contribution is 7.99. The Morgan fingerprint density at radius 3 is 2.74 bits per heavy atom. The van der Waals surface area contributed by atoms with E-state index in [1.807, 2.05) is 0 Å². The molecule has 4 rings (SSSR count). The standard InChI is InChI=1S/C22H18Cl2N6O3S2/c1-33-15-4-2-3-13(9-15)20(32)26-11-18-28-29-22(30(18)14-5-6-16(23)17(24)10-14)35-12-19(31)27-21-25-7-8-34-21/h2-10H,11-12H2,1H3,(H,26,32)(H,25,27,31). The first-order valence-corrected chi connectivity index (χ1v) is 12.7. The zero-order chi connectivity index (χ0) is 24.8. The Kier molecular flexibility index (Phi) is 8.24. The van der Waals surface area contributed by atoms with Crippen molar-refractivity contribution in [3.63, 3.8) is 0 Å². The van der Waals surface area contributed by atoms with Crippen LogP contribution in [0.5, 0.6) is 5.75 Å². The largest absolute Gasteiger partial charge is 0.497 e. The van der Waals surface area contributed by atoms with Gasteiger partial charge in [-0.2, -0.15) is 0 Å². The molecular formula is C22H18Cl2N6O3S2. The molecule has 2 N–H and O–H groups in total. The molecule has 35 heavy (non-hydrogen) atoms. The van der Waals surface area contributed by atoms with Gasteiger partial charge in [-0.3, -0.25) is 14.2 Å². The third kappa shape index (κ3) is 6.31. The number of thiazole rings is 1. The molecule has 4 aromatic rings. The lowest BCUT2D eigenvalue weighted by molar-refractivity contribution is -0.113. The first-order valence-electron chi connectivity index (χ1n) is 10.1. The lowest BCUT2D eigenvalue weighted by Gasteiger charge is -2.12. The molecule has 0 aliphatic heterocycles. The molecule has 0 unspecified atom stereocenters. The van der Waals surface area contributed by atoms with E-state index < -0.39 is 0 Å². The van der Waals surface area contributed by atoms with Gasteiger partial charge >= 0.3 is 0 Å². The average Bonchev–Trinajstić information content (AvgIpc) is 3.52. The summed E-state index contributed by atoms with van der Waals surface area (Å²) in [5.74, 6) is 0.565. The predicted molar refractivity (Wildman–Crippen MR) is 137 cm³/mol. The second-order valence-corrected chi connectivity index (χ2v) is 9.57. The van der Waals surface area contributed by atoms with Gasteiger partial charge in [0.25, 0.3) is 5.91 Å². The van der Waals surface area contributed by atoms with Crippen LogP contribution in [-0.2, 0) is 11.3 Å². The highest BCUT2D eigenvalue weighted by Crippen LogP contribution is 2.28. The Morgan fingerprint density at radius 1 is 1.14 bits per heavy atom. The van der Waals surface area contributed by atoms with Crippen LogP contribution in [-0.4, -0.2) is 44.4 Å². The fourth-order valence-corrected chi connectivity index (χ4v) is 4.60. The average molecular weight is 549 g/mol. The number of halogens is 2. The van der Waals surface area contributed by atoms with Gasteiger partial charge in [0.1, 0.15) is 5.75 Å². The molecule has 2 heterocycles. The molecular weight excluding hydrogens is 531 g/mol. The number of methoxy groups -OCH3 is 1. The first kappa shape index (κ1) is 25.0. The number of rotatable bonds is 9. The van der Waals surface area contributed by atoms with Crippen LogP contribution in [0, 0.1) is 0 Å². The number of aromatic nitrogens is 4. The number of carbonyl (C=O) groups is 2. The van der Waals surface area contributed by atoms with Gasteiger partial charge in [0.15, 0.2) is 16.1 Å². The van der Waals surface area contributed by atoms with Crippen molar-refractivity contribution in [2.24, 2.45) is 0 Å². The number of nitrogens with one attached hydrogen (secondary N) is 2. The summed E-state index contributed by atoms with van der Waals surface area (Å²) in [6.07, 6.45) is 1.61. The molecule has 0 fully saturated rings. The molecule has 13 heteroatoms. The van der Waals surface area contributed by atoms with Crippen molar-refractivity contribution in [3.8, 4) is 11.4 Å². The fraction of sp³-hybridized carbons (Fsp3) is 0.136. The predicted octanol–water partition coefficient (Wildman–Crippen LogP) is 4.70. The number of thioether (sulfide) groups is 1. The van der Waals surface area contributed by atoms with Gasteiger partial charge in [-0.05, 0) is 36.4 Å². The van der Waals surface area contributed by atoms with Gasteiger partial charge in [0, 0.05) is 17.1 Å². The minimum Gasteiger partial charge on any atom is -0.497 e. The minimum absolute atomic E-state index is 0.0785. The van der Waals surface area contributed by atoms with E-state index in [4.69, 9.17) is 27.9 Å². The Hall–Kier alpha value is -3.12. The lowest BCUT2D eigenvalue weighted by Crippen LogP contribution is -2.24. The molecule has 0 saturated carbocycles. The minimum atomic E-state index is -0.301. The number of benzene rings is 2. The van der Waals surface area contributed by atoms with Crippen LogP contribution in [0.4, 0.5) is 5.13 Å². The van der Waals surface area contributed by atoms with E-state index in [9.17, 15) is 9.59 Å². The molecule has 0 spiro atoms.